The summed E-state index contributed by atoms with van der Waals surface area (Å²) in [5, 5.41) is 0. The van der Waals surface area contributed by atoms with Crippen molar-refractivity contribution in [3.05, 3.63) is 40.9 Å². The van der Waals surface area contributed by atoms with E-state index < -0.39 is 12.1 Å². The highest BCUT2D eigenvalue weighted by atomic mass is 79.9. The summed E-state index contributed by atoms with van der Waals surface area (Å²) in [5.74, 6) is -1.23. The standard InChI is InChI=1S/C10H5BrF3NO/c11-7-3-1-2-6(4-7)8-5-16-9(15-8)10(12,13)14/h1-5H. The summed E-state index contributed by atoms with van der Waals surface area (Å²) >= 11 is 3.23. The number of nitrogens with zero attached hydrogens (tertiary/aromatic N) is 1. The SMILES string of the molecule is FC(F)(F)c1nc(-c2cccc(Br)c2)co1. The zero-order valence-corrected chi connectivity index (χ0v) is 9.34. The molecule has 0 saturated heterocycles. The zero-order valence-electron chi connectivity index (χ0n) is 7.75. The molecular formula is C10H5BrF3NO. The van der Waals surface area contributed by atoms with Crippen LogP contribution in [0, 0.1) is 0 Å². The molecule has 1 heterocycles. The lowest BCUT2D eigenvalue weighted by molar-refractivity contribution is -0.157. The summed E-state index contributed by atoms with van der Waals surface area (Å²) in [6.45, 7) is 0. The van der Waals surface area contributed by atoms with E-state index in [4.69, 9.17) is 0 Å². The van der Waals surface area contributed by atoms with Crippen LogP contribution in [-0.4, -0.2) is 4.98 Å². The number of hydrogen-bond acceptors (Lipinski definition) is 2. The van der Waals surface area contributed by atoms with E-state index in [2.05, 4.69) is 25.3 Å². The fraction of sp³-hybridized carbons (Fsp3) is 0.100. The van der Waals surface area contributed by atoms with Crippen LogP contribution in [0.2, 0.25) is 0 Å². The van der Waals surface area contributed by atoms with Crippen LogP contribution >= 0.6 is 15.9 Å². The molecule has 2 rings (SSSR count). The highest BCUT2D eigenvalue weighted by molar-refractivity contribution is 9.10. The highest BCUT2D eigenvalue weighted by Gasteiger charge is 2.37. The molecular weight excluding hydrogens is 287 g/mol. The topological polar surface area (TPSA) is 26.0 Å². The molecule has 0 aliphatic carbocycles. The number of halogens is 4. The third-order valence-electron chi connectivity index (χ3n) is 1.87. The molecule has 84 valence electrons. The van der Waals surface area contributed by atoms with Gasteiger partial charge in [-0.1, -0.05) is 28.1 Å². The van der Waals surface area contributed by atoms with E-state index >= 15 is 0 Å². The van der Waals surface area contributed by atoms with Gasteiger partial charge >= 0.3 is 12.1 Å². The molecule has 1 aromatic carbocycles. The predicted octanol–water partition coefficient (Wildman–Crippen LogP) is 4.12. The van der Waals surface area contributed by atoms with Gasteiger partial charge in [0, 0.05) is 10.0 Å². The van der Waals surface area contributed by atoms with Crippen molar-refractivity contribution in [1.29, 1.82) is 0 Å². The lowest BCUT2D eigenvalue weighted by atomic mass is 10.2. The second-order valence-corrected chi connectivity index (χ2v) is 3.96. The molecule has 2 nitrogen and oxygen atoms in total. The van der Waals surface area contributed by atoms with Crippen molar-refractivity contribution in [2.45, 2.75) is 6.18 Å². The predicted molar refractivity (Wildman–Crippen MR) is 54.6 cm³/mol. The average molecular weight is 292 g/mol. The number of rotatable bonds is 1. The number of alkyl halides is 3. The maximum atomic E-state index is 12.2. The smallest absolute Gasteiger partial charge is 0.441 e. The first-order chi connectivity index (χ1) is 7.47. The summed E-state index contributed by atoms with van der Waals surface area (Å²) in [5.41, 5.74) is 0.724. The first-order valence-electron chi connectivity index (χ1n) is 4.25. The van der Waals surface area contributed by atoms with Gasteiger partial charge in [-0.2, -0.15) is 13.2 Å². The quantitative estimate of drug-likeness (QED) is 0.790. The first-order valence-corrected chi connectivity index (χ1v) is 5.05. The van der Waals surface area contributed by atoms with E-state index in [9.17, 15) is 13.2 Å². The Morgan fingerprint density at radius 3 is 2.56 bits per heavy atom. The summed E-state index contributed by atoms with van der Waals surface area (Å²) < 4.78 is 41.8. The molecule has 0 aliphatic heterocycles. The van der Waals surface area contributed by atoms with Crippen LogP contribution in [0.1, 0.15) is 5.89 Å². The molecule has 0 spiro atoms. The molecule has 0 radical (unpaired) electrons. The first kappa shape index (κ1) is 11.2. The van der Waals surface area contributed by atoms with Crippen molar-refractivity contribution >= 4 is 15.9 Å². The van der Waals surface area contributed by atoms with E-state index in [-0.39, 0.29) is 5.69 Å². The minimum absolute atomic E-state index is 0.161. The molecule has 0 N–H and O–H groups in total. The third kappa shape index (κ3) is 2.27. The lowest BCUT2D eigenvalue weighted by Crippen LogP contribution is -2.04. The van der Waals surface area contributed by atoms with Crippen molar-refractivity contribution in [3.63, 3.8) is 0 Å². The molecule has 16 heavy (non-hydrogen) atoms. The molecule has 0 fully saturated rings. The van der Waals surface area contributed by atoms with Gasteiger partial charge in [-0.3, -0.25) is 0 Å². The Bertz CT molecular complexity index is 507. The Morgan fingerprint density at radius 1 is 1.25 bits per heavy atom. The van der Waals surface area contributed by atoms with Gasteiger partial charge in [-0.25, -0.2) is 4.98 Å². The second-order valence-electron chi connectivity index (χ2n) is 3.05. The summed E-state index contributed by atoms with van der Waals surface area (Å²) in [7, 11) is 0. The maximum absolute atomic E-state index is 12.2. The van der Waals surface area contributed by atoms with E-state index in [0.717, 1.165) is 10.7 Å². The number of aromatic nitrogens is 1. The van der Waals surface area contributed by atoms with Gasteiger partial charge in [0.1, 0.15) is 12.0 Å². The summed E-state index contributed by atoms with van der Waals surface area (Å²) in [6, 6.07) is 6.80. The van der Waals surface area contributed by atoms with E-state index in [1.807, 2.05) is 0 Å². The Balaban J connectivity index is 2.39. The fourth-order valence-corrected chi connectivity index (χ4v) is 1.58. The van der Waals surface area contributed by atoms with Gasteiger partial charge in [0.05, 0.1) is 0 Å². The van der Waals surface area contributed by atoms with Crippen LogP contribution in [0.15, 0.2) is 39.4 Å². The van der Waals surface area contributed by atoms with Crippen LogP contribution in [-0.2, 0) is 6.18 Å². The van der Waals surface area contributed by atoms with Crippen molar-refractivity contribution in [2.24, 2.45) is 0 Å². The summed E-state index contributed by atoms with van der Waals surface area (Å²) in [4.78, 5) is 3.38. The molecule has 2 aromatic rings. The monoisotopic (exact) mass is 291 g/mol. The molecule has 0 saturated carbocycles. The van der Waals surface area contributed by atoms with Gasteiger partial charge in [0.2, 0.25) is 0 Å². The van der Waals surface area contributed by atoms with Crippen LogP contribution in [0.25, 0.3) is 11.3 Å². The van der Waals surface area contributed by atoms with Crippen molar-refractivity contribution < 1.29 is 17.6 Å². The van der Waals surface area contributed by atoms with Gasteiger partial charge in [0.15, 0.2) is 0 Å². The van der Waals surface area contributed by atoms with Crippen LogP contribution < -0.4 is 0 Å². The summed E-state index contributed by atoms with van der Waals surface area (Å²) in [6.07, 6.45) is -3.56. The van der Waals surface area contributed by atoms with Crippen molar-refractivity contribution in [3.8, 4) is 11.3 Å². The van der Waals surface area contributed by atoms with Gasteiger partial charge in [0.25, 0.3) is 0 Å². The minimum atomic E-state index is -4.55. The van der Waals surface area contributed by atoms with Crippen molar-refractivity contribution in [2.75, 3.05) is 0 Å². The molecule has 0 amide bonds. The van der Waals surface area contributed by atoms with Crippen molar-refractivity contribution in [1.82, 2.24) is 4.98 Å². The Morgan fingerprint density at radius 2 is 2.00 bits per heavy atom. The lowest BCUT2D eigenvalue weighted by Gasteiger charge is -1.98. The second kappa shape index (κ2) is 3.93. The number of hydrogen-bond donors (Lipinski definition) is 0. The van der Waals surface area contributed by atoms with Gasteiger partial charge in [-0.05, 0) is 12.1 Å². The minimum Gasteiger partial charge on any atom is -0.441 e. The largest absolute Gasteiger partial charge is 0.468 e. The van der Waals surface area contributed by atoms with E-state index in [1.54, 1.807) is 24.3 Å². The van der Waals surface area contributed by atoms with Gasteiger partial charge < -0.3 is 4.42 Å². The highest BCUT2D eigenvalue weighted by Crippen LogP contribution is 2.31. The van der Waals surface area contributed by atoms with Crippen LogP contribution in [0.5, 0.6) is 0 Å². The zero-order chi connectivity index (χ0) is 11.8. The molecule has 0 bridgehead atoms. The molecule has 0 unspecified atom stereocenters. The Labute approximate surface area is 97.2 Å². The van der Waals surface area contributed by atoms with E-state index in [1.165, 1.54) is 0 Å². The molecule has 0 atom stereocenters. The molecule has 6 heteroatoms. The van der Waals surface area contributed by atoms with Crippen LogP contribution in [0.4, 0.5) is 13.2 Å². The molecule has 0 aliphatic rings. The van der Waals surface area contributed by atoms with Gasteiger partial charge in [-0.15, -0.1) is 0 Å². The molecule has 1 aromatic heterocycles. The third-order valence-corrected chi connectivity index (χ3v) is 2.36. The number of benzene rings is 1. The normalized spacial score (nSPS) is 11.8. The average Bonchev–Trinajstić information content (AvgIpc) is 2.65. The Kier molecular flexibility index (Phi) is 2.75. The van der Waals surface area contributed by atoms with E-state index in [0.29, 0.717) is 5.56 Å². The van der Waals surface area contributed by atoms with Crippen LogP contribution in [0.3, 0.4) is 0 Å². The fourth-order valence-electron chi connectivity index (χ4n) is 1.18. The number of oxazole rings is 1. The Hall–Kier alpha value is -1.30. The maximum Gasteiger partial charge on any atom is 0.468 e.